The molecule has 1 aromatic carbocycles. The van der Waals surface area contributed by atoms with Crippen LogP contribution in [0.25, 0.3) is 0 Å². The molecule has 0 radical (unpaired) electrons. The zero-order valence-electron chi connectivity index (χ0n) is 18.7. The zero-order chi connectivity index (χ0) is 22.9. The van der Waals surface area contributed by atoms with Crippen LogP contribution in [0.1, 0.15) is 60.0 Å². The van der Waals surface area contributed by atoms with Crippen molar-refractivity contribution in [2.75, 3.05) is 18.6 Å². The van der Waals surface area contributed by atoms with E-state index in [1.807, 2.05) is 24.5 Å². The van der Waals surface area contributed by atoms with E-state index in [9.17, 15) is 14.4 Å². The number of carbonyl (C=O) groups excluding carboxylic acids is 3. The smallest absolute Gasteiger partial charge is 0.276 e. The van der Waals surface area contributed by atoms with E-state index in [0.29, 0.717) is 11.4 Å². The number of nitrogens with zero attached hydrogens (tertiary/aromatic N) is 3. The van der Waals surface area contributed by atoms with Gasteiger partial charge < -0.3 is 15.5 Å². The lowest BCUT2D eigenvalue weighted by Gasteiger charge is -2.41. The van der Waals surface area contributed by atoms with Crippen LogP contribution in [-0.2, 0) is 11.3 Å². The van der Waals surface area contributed by atoms with Crippen LogP contribution < -0.4 is 10.6 Å². The first kappa shape index (κ1) is 22.4. The van der Waals surface area contributed by atoms with Gasteiger partial charge in [0.1, 0.15) is 11.2 Å². The van der Waals surface area contributed by atoms with Crippen molar-refractivity contribution in [3.63, 3.8) is 0 Å². The molecule has 1 aliphatic carbocycles. The van der Waals surface area contributed by atoms with Crippen LogP contribution in [0.15, 0.2) is 35.2 Å². The number of anilines is 1. The molecule has 170 valence electrons. The van der Waals surface area contributed by atoms with Gasteiger partial charge in [0.25, 0.3) is 11.8 Å². The maximum absolute atomic E-state index is 13.2. The van der Waals surface area contributed by atoms with Crippen molar-refractivity contribution >= 4 is 35.2 Å². The monoisotopic (exact) mass is 455 g/mol. The average Bonchev–Trinajstić information content (AvgIpc) is 3.22. The Morgan fingerprint density at radius 3 is 2.66 bits per heavy atom. The van der Waals surface area contributed by atoms with Gasteiger partial charge in [0.05, 0.1) is 6.54 Å². The fraction of sp³-hybridized carbons (Fsp3) is 0.478. The molecule has 32 heavy (non-hydrogen) atoms. The van der Waals surface area contributed by atoms with Gasteiger partial charge in [0.2, 0.25) is 5.91 Å². The lowest BCUT2D eigenvalue weighted by Crippen LogP contribution is -2.63. The second-order valence-electron chi connectivity index (χ2n) is 8.70. The summed E-state index contributed by atoms with van der Waals surface area (Å²) in [4.78, 5) is 41.5. The summed E-state index contributed by atoms with van der Waals surface area (Å²) in [5, 5.41) is 10.3. The van der Waals surface area contributed by atoms with Crippen LogP contribution >= 0.6 is 11.8 Å². The highest BCUT2D eigenvalue weighted by molar-refractivity contribution is 7.98. The van der Waals surface area contributed by atoms with Crippen molar-refractivity contribution in [1.29, 1.82) is 0 Å². The summed E-state index contributed by atoms with van der Waals surface area (Å²) < 4.78 is 1.48. The second-order valence-corrected chi connectivity index (χ2v) is 9.58. The van der Waals surface area contributed by atoms with E-state index in [0.717, 1.165) is 30.6 Å². The van der Waals surface area contributed by atoms with E-state index in [1.165, 1.54) is 22.1 Å². The minimum absolute atomic E-state index is 0.147. The fourth-order valence-corrected chi connectivity index (χ4v) is 4.78. The molecule has 0 bridgehead atoms. The molecule has 2 aromatic rings. The predicted octanol–water partition coefficient (Wildman–Crippen LogP) is 3.15. The molecule has 0 spiro atoms. The molecule has 0 unspecified atom stereocenters. The Hall–Kier alpha value is -2.81. The third-order valence-corrected chi connectivity index (χ3v) is 7.22. The maximum atomic E-state index is 13.2. The summed E-state index contributed by atoms with van der Waals surface area (Å²) in [6, 6.07) is 9.15. The standard InChI is InChI=1S/C23H29N5O3S/c1-23(22(31)25-15-8-5-4-6-9-15)14-28-19(21(30)27(23)2)13-18(26-28)20(29)24-16-10-7-11-17(12-16)32-3/h7,10-13,15H,4-6,8-9,14H2,1-3H3,(H,24,29)(H,25,31)/t23-/m0/s1. The van der Waals surface area contributed by atoms with Crippen LogP contribution in [-0.4, -0.2) is 57.3 Å². The number of hydrogen-bond donors (Lipinski definition) is 2. The molecule has 1 saturated carbocycles. The normalized spacial score (nSPS) is 21.2. The number of hydrogen-bond acceptors (Lipinski definition) is 5. The quantitative estimate of drug-likeness (QED) is 0.675. The molecule has 2 aliphatic rings. The van der Waals surface area contributed by atoms with Crippen molar-refractivity contribution in [3.05, 3.63) is 41.7 Å². The SMILES string of the molecule is CSc1cccc(NC(=O)c2cc3n(n2)C[C@@](C)(C(=O)NC2CCCCC2)N(C)C3=O)c1. The lowest BCUT2D eigenvalue weighted by atomic mass is 9.92. The van der Waals surface area contributed by atoms with E-state index < -0.39 is 11.4 Å². The minimum Gasteiger partial charge on any atom is -0.351 e. The average molecular weight is 456 g/mol. The summed E-state index contributed by atoms with van der Waals surface area (Å²) in [5.74, 6) is -0.899. The van der Waals surface area contributed by atoms with Crippen molar-refractivity contribution in [2.24, 2.45) is 0 Å². The van der Waals surface area contributed by atoms with Gasteiger partial charge in [-0.05, 0) is 44.2 Å². The van der Waals surface area contributed by atoms with Crippen LogP contribution in [0.3, 0.4) is 0 Å². The highest BCUT2D eigenvalue weighted by Gasteiger charge is 2.46. The van der Waals surface area contributed by atoms with Crippen molar-refractivity contribution in [2.45, 2.75) is 62.0 Å². The summed E-state index contributed by atoms with van der Waals surface area (Å²) in [7, 11) is 1.63. The largest absolute Gasteiger partial charge is 0.351 e. The zero-order valence-corrected chi connectivity index (χ0v) is 19.5. The Balaban J connectivity index is 1.53. The molecule has 1 aromatic heterocycles. The van der Waals surface area contributed by atoms with Gasteiger partial charge in [0, 0.05) is 29.7 Å². The summed E-state index contributed by atoms with van der Waals surface area (Å²) >= 11 is 1.58. The molecule has 3 amide bonds. The first-order chi connectivity index (χ1) is 15.3. The van der Waals surface area contributed by atoms with Gasteiger partial charge in [0.15, 0.2) is 5.69 Å². The number of carbonyl (C=O) groups is 3. The predicted molar refractivity (Wildman–Crippen MR) is 124 cm³/mol. The first-order valence-corrected chi connectivity index (χ1v) is 12.2. The second kappa shape index (κ2) is 8.97. The van der Waals surface area contributed by atoms with Crippen molar-refractivity contribution < 1.29 is 14.4 Å². The Kier molecular flexibility index (Phi) is 6.28. The Morgan fingerprint density at radius 1 is 1.19 bits per heavy atom. The van der Waals surface area contributed by atoms with E-state index in [2.05, 4.69) is 15.7 Å². The molecule has 4 rings (SSSR count). The summed E-state index contributed by atoms with van der Waals surface area (Å²) in [5.41, 5.74) is 0.0354. The molecule has 1 aliphatic heterocycles. The number of thioether (sulfide) groups is 1. The van der Waals surface area contributed by atoms with Crippen LogP contribution in [0.4, 0.5) is 5.69 Å². The highest BCUT2D eigenvalue weighted by atomic mass is 32.2. The number of fused-ring (bicyclic) bond motifs is 1. The van der Waals surface area contributed by atoms with E-state index in [4.69, 9.17) is 0 Å². The molecular formula is C23H29N5O3S. The van der Waals surface area contributed by atoms with Crippen LogP contribution in [0, 0.1) is 0 Å². The van der Waals surface area contributed by atoms with Crippen LogP contribution in [0.5, 0.6) is 0 Å². The lowest BCUT2D eigenvalue weighted by molar-refractivity contribution is -0.133. The minimum atomic E-state index is -1.08. The van der Waals surface area contributed by atoms with E-state index in [1.54, 1.807) is 31.8 Å². The number of benzene rings is 1. The molecule has 2 N–H and O–H groups in total. The number of likely N-dealkylation sites (N-methyl/N-ethyl adjacent to an activating group) is 1. The number of rotatable bonds is 5. The van der Waals surface area contributed by atoms with E-state index in [-0.39, 0.29) is 30.1 Å². The molecule has 8 nitrogen and oxygen atoms in total. The summed E-state index contributed by atoms with van der Waals surface area (Å²) in [6.45, 7) is 1.94. The third kappa shape index (κ3) is 4.26. The summed E-state index contributed by atoms with van der Waals surface area (Å²) in [6.07, 6.45) is 7.32. The van der Waals surface area contributed by atoms with Gasteiger partial charge in [-0.15, -0.1) is 11.8 Å². The maximum Gasteiger partial charge on any atom is 0.276 e. The molecule has 9 heteroatoms. The van der Waals surface area contributed by atoms with Crippen LogP contribution in [0.2, 0.25) is 0 Å². The highest BCUT2D eigenvalue weighted by Crippen LogP contribution is 2.28. The molecule has 1 fully saturated rings. The van der Waals surface area contributed by atoms with Gasteiger partial charge in [-0.1, -0.05) is 25.3 Å². The van der Waals surface area contributed by atoms with Gasteiger partial charge in [-0.3, -0.25) is 19.1 Å². The molecule has 2 heterocycles. The molecule has 0 saturated heterocycles. The Bertz CT molecular complexity index is 1050. The van der Waals surface area contributed by atoms with Crippen molar-refractivity contribution in [1.82, 2.24) is 20.0 Å². The Labute approximate surface area is 192 Å². The topological polar surface area (TPSA) is 96.3 Å². The fourth-order valence-electron chi connectivity index (χ4n) is 4.32. The van der Waals surface area contributed by atoms with Gasteiger partial charge in [-0.25, -0.2) is 0 Å². The van der Waals surface area contributed by atoms with Crippen molar-refractivity contribution in [3.8, 4) is 0 Å². The number of nitrogens with one attached hydrogen (secondary N) is 2. The van der Waals surface area contributed by atoms with Gasteiger partial charge in [-0.2, -0.15) is 5.10 Å². The Morgan fingerprint density at radius 2 is 1.94 bits per heavy atom. The number of aromatic nitrogens is 2. The van der Waals surface area contributed by atoms with Gasteiger partial charge >= 0.3 is 0 Å². The first-order valence-electron chi connectivity index (χ1n) is 10.9. The molecule has 1 atom stereocenters. The van der Waals surface area contributed by atoms with E-state index >= 15 is 0 Å². The molecular weight excluding hydrogens is 426 g/mol. The number of amides is 3. The third-order valence-electron chi connectivity index (χ3n) is 6.49.